The molecule has 0 amide bonds. The average molecular weight is 399 g/mol. The molecule has 29 heavy (non-hydrogen) atoms. The van der Waals surface area contributed by atoms with E-state index >= 15 is 0 Å². The van der Waals surface area contributed by atoms with Gasteiger partial charge in [-0.2, -0.15) is 0 Å². The summed E-state index contributed by atoms with van der Waals surface area (Å²) >= 11 is 0. The maximum Gasteiger partial charge on any atom is 0.119 e. The molecular weight excluding hydrogens is 360 g/mol. The third kappa shape index (κ3) is 8.46. The Morgan fingerprint density at radius 1 is 0.793 bits per heavy atom. The van der Waals surface area contributed by atoms with Gasteiger partial charge in [-0.15, -0.1) is 0 Å². The van der Waals surface area contributed by atoms with Crippen molar-refractivity contribution < 1.29 is 9.47 Å². The summed E-state index contributed by atoms with van der Waals surface area (Å²) in [5.41, 5.74) is 2.77. The maximum absolute atomic E-state index is 5.85. The molecule has 0 aliphatic heterocycles. The Bertz CT molecular complexity index is 690. The lowest BCUT2D eigenvalue weighted by Gasteiger charge is -2.19. The van der Waals surface area contributed by atoms with E-state index < -0.39 is 0 Å². The smallest absolute Gasteiger partial charge is 0.119 e. The zero-order valence-corrected chi connectivity index (χ0v) is 18.8. The first-order chi connectivity index (χ1) is 13.9. The molecule has 1 unspecified atom stereocenters. The van der Waals surface area contributed by atoms with Crippen LogP contribution in [0.15, 0.2) is 48.5 Å². The summed E-state index contributed by atoms with van der Waals surface area (Å²) < 4.78 is 11.7. The number of benzene rings is 2. The van der Waals surface area contributed by atoms with Crippen LogP contribution in [0.2, 0.25) is 0 Å². The molecule has 0 radical (unpaired) electrons. The predicted molar refractivity (Wildman–Crippen MR) is 122 cm³/mol. The number of hydrogen-bond donors (Lipinski definition) is 2. The number of nitrogens with one attached hydrogen (secondary N) is 2. The standard InChI is InChI=1S/C25H38N2O2/c1-20(27-17-6-16-26-5)21-8-12-23(13-9-21)28-18-7-19-29-24-14-10-22(11-15-24)25(2,3)4/h8-15,20,26-27H,6-7,16-19H2,1-5H3. The van der Waals surface area contributed by atoms with Crippen molar-refractivity contribution in [1.29, 1.82) is 0 Å². The molecule has 0 spiro atoms. The number of hydrogen-bond acceptors (Lipinski definition) is 4. The first-order valence-electron chi connectivity index (χ1n) is 10.7. The highest BCUT2D eigenvalue weighted by Gasteiger charge is 2.12. The second-order valence-corrected chi connectivity index (χ2v) is 8.53. The maximum atomic E-state index is 5.85. The van der Waals surface area contributed by atoms with Gasteiger partial charge in [0.2, 0.25) is 0 Å². The van der Waals surface area contributed by atoms with Crippen molar-refractivity contribution in [3.63, 3.8) is 0 Å². The van der Waals surface area contributed by atoms with Crippen LogP contribution in [0.25, 0.3) is 0 Å². The Kier molecular flexibility index (Phi) is 9.49. The molecule has 4 nitrogen and oxygen atoms in total. The molecule has 1 atom stereocenters. The third-order valence-electron chi connectivity index (χ3n) is 4.98. The van der Waals surface area contributed by atoms with E-state index in [1.165, 1.54) is 11.1 Å². The molecule has 0 bridgehead atoms. The van der Waals surface area contributed by atoms with Gasteiger partial charge in [-0.25, -0.2) is 0 Å². The Morgan fingerprint density at radius 3 is 1.86 bits per heavy atom. The van der Waals surface area contributed by atoms with E-state index in [0.29, 0.717) is 19.3 Å². The minimum Gasteiger partial charge on any atom is -0.493 e. The van der Waals surface area contributed by atoms with Gasteiger partial charge in [-0.05, 0) is 74.3 Å². The SMILES string of the molecule is CNCCCNC(C)c1ccc(OCCCOc2ccc(C(C)(C)C)cc2)cc1. The van der Waals surface area contributed by atoms with E-state index in [4.69, 9.17) is 9.47 Å². The Labute approximate surface area is 177 Å². The van der Waals surface area contributed by atoms with E-state index in [-0.39, 0.29) is 5.41 Å². The van der Waals surface area contributed by atoms with Crippen molar-refractivity contribution in [2.24, 2.45) is 0 Å². The molecule has 160 valence electrons. The summed E-state index contributed by atoms with van der Waals surface area (Å²) in [5, 5.41) is 6.71. The summed E-state index contributed by atoms with van der Waals surface area (Å²) in [6.07, 6.45) is 1.98. The van der Waals surface area contributed by atoms with Gasteiger partial charge in [0.1, 0.15) is 11.5 Å². The monoisotopic (exact) mass is 398 g/mol. The molecule has 0 aliphatic carbocycles. The van der Waals surface area contributed by atoms with Crippen molar-refractivity contribution >= 4 is 0 Å². The van der Waals surface area contributed by atoms with Crippen LogP contribution < -0.4 is 20.1 Å². The molecule has 2 aromatic rings. The lowest BCUT2D eigenvalue weighted by Crippen LogP contribution is -2.22. The molecule has 0 saturated carbocycles. The summed E-state index contributed by atoms with van der Waals surface area (Å²) in [4.78, 5) is 0. The van der Waals surface area contributed by atoms with Crippen LogP contribution in [0.1, 0.15) is 57.7 Å². The largest absolute Gasteiger partial charge is 0.493 e. The highest BCUT2D eigenvalue weighted by Crippen LogP contribution is 2.24. The van der Waals surface area contributed by atoms with Crippen LogP contribution in [0.5, 0.6) is 11.5 Å². The summed E-state index contributed by atoms with van der Waals surface area (Å²) in [6.45, 7) is 12.2. The molecule has 0 aromatic heterocycles. The van der Waals surface area contributed by atoms with E-state index in [1.54, 1.807) is 0 Å². The van der Waals surface area contributed by atoms with Crippen molar-refractivity contribution in [3.05, 3.63) is 59.7 Å². The minimum absolute atomic E-state index is 0.169. The fourth-order valence-corrected chi connectivity index (χ4v) is 3.04. The van der Waals surface area contributed by atoms with Crippen LogP contribution in [-0.2, 0) is 5.41 Å². The lowest BCUT2D eigenvalue weighted by molar-refractivity contribution is 0.247. The fourth-order valence-electron chi connectivity index (χ4n) is 3.04. The van der Waals surface area contributed by atoms with E-state index in [0.717, 1.165) is 37.4 Å². The van der Waals surface area contributed by atoms with Gasteiger partial charge in [0.05, 0.1) is 13.2 Å². The van der Waals surface area contributed by atoms with Gasteiger partial charge in [0, 0.05) is 12.5 Å². The third-order valence-corrected chi connectivity index (χ3v) is 4.98. The highest BCUT2D eigenvalue weighted by atomic mass is 16.5. The van der Waals surface area contributed by atoms with Crippen LogP contribution in [0, 0.1) is 0 Å². The first-order valence-corrected chi connectivity index (χ1v) is 10.7. The highest BCUT2D eigenvalue weighted by molar-refractivity contribution is 5.31. The van der Waals surface area contributed by atoms with Crippen LogP contribution in [-0.4, -0.2) is 33.4 Å². The van der Waals surface area contributed by atoms with Crippen molar-refractivity contribution in [1.82, 2.24) is 10.6 Å². The topological polar surface area (TPSA) is 42.5 Å². The van der Waals surface area contributed by atoms with Crippen LogP contribution in [0.4, 0.5) is 0 Å². The average Bonchev–Trinajstić information content (AvgIpc) is 2.71. The predicted octanol–water partition coefficient (Wildman–Crippen LogP) is 5.09. The Balaban J connectivity index is 1.65. The van der Waals surface area contributed by atoms with E-state index in [1.807, 2.05) is 31.3 Å². The van der Waals surface area contributed by atoms with Gasteiger partial charge in [-0.3, -0.25) is 0 Å². The first kappa shape index (κ1) is 23.2. The van der Waals surface area contributed by atoms with Crippen LogP contribution >= 0.6 is 0 Å². The molecule has 2 N–H and O–H groups in total. The Morgan fingerprint density at radius 2 is 1.34 bits per heavy atom. The van der Waals surface area contributed by atoms with Crippen molar-refractivity contribution in [2.75, 3.05) is 33.4 Å². The van der Waals surface area contributed by atoms with E-state index in [2.05, 4.69) is 62.6 Å². The number of ether oxygens (including phenoxy) is 2. The normalized spacial score (nSPS) is 12.6. The summed E-state index contributed by atoms with van der Waals surface area (Å²) in [7, 11) is 1.98. The van der Waals surface area contributed by atoms with Crippen LogP contribution in [0.3, 0.4) is 0 Å². The molecular formula is C25H38N2O2. The second-order valence-electron chi connectivity index (χ2n) is 8.53. The van der Waals surface area contributed by atoms with Gasteiger partial charge >= 0.3 is 0 Å². The molecule has 0 aliphatic rings. The zero-order chi connectivity index (χ0) is 21.1. The van der Waals surface area contributed by atoms with Gasteiger partial charge in [0.25, 0.3) is 0 Å². The van der Waals surface area contributed by atoms with E-state index in [9.17, 15) is 0 Å². The van der Waals surface area contributed by atoms with Crippen molar-refractivity contribution in [2.45, 2.75) is 52.0 Å². The molecule has 2 aromatic carbocycles. The zero-order valence-electron chi connectivity index (χ0n) is 18.8. The fraction of sp³-hybridized carbons (Fsp3) is 0.520. The summed E-state index contributed by atoms with van der Waals surface area (Å²) in [5.74, 6) is 1.82. The molecule has 0 heterocycles. The van der Waals surface area contributed by atoms with Gasteiger partial charge < -0.3 is 20.1 Å². The second kappa shape index (κ2) is 11.8. The molecule has 0 fully saturated rings. The summed E-state index contributed by atoms with van der Waals surface area (Å²) in [6, 6.07) is 17.1. The quantitative estimate of drug-likeness (QED) is 0.489. The van der Waals surface area contributed by atoms with Gasteiger partial charge in [0.15, 0.2) is 0 Å². The van der Waals surface area contributed by atoms with Gasteiger partial charge in [-0.1, -0.05) is 45.0 Å². The number of rotatable bonds is 12. The molecule has 0 saturated heterocycles. The Hall–Kier alpha value is -2.04. The molecule has 2 rings (SSSR count). The lowest BCUT2D eigenvalue weighted by atomic mass is 9.87. The molecule has 4 heteroatoms. The van der Waals surface area contributed by atoms with Crippen molar-refractivity contribution in [3.8, 4) is 11.5 Å². The minimum atomic E-state index is 0.169.